The van der Waals surface area contributed by atoms with Crippen LogP contribution >= 0.6 is 0 Å². The molecule has 0 aliphatic carbocycles. The van der Waals surface area contributed by atoms with Crippen molar-refractivity contribution >= 4 is 10.1 Å². The lowest BCUT2D eigenvalue weighted by molar-refractivity contribution is -0.0623. The van der Waals surface area contributed by atoms with Gasteiger partial charge in [-0.25, -0.2) is 0 Å². The normalized spacial score (nSPS) is 32.1. The highest BCUT2D eigenvalue weighted by Gasteiger charge is 2.54. The largest absolute Gasteiger partial charge is 0.523 e. The second-order valence-electron chi connectivity index (χ2n) is 5.15. The fourth-order valence-electron chi connectivity index (χ4n) is 2.75. The van der Waals surface area contributed by atoms with Crippen molar-refractivity contribution in [1.29, 1.82) is 0 Å². The van der Waals surface area contributed by atoms with Crippen LogP contribution in [0.4, 0.5) is 13.2 Å². The van der Waals surface area contributed by atoms with Crippen LogP contribution in [0.2, 0.25) is 0 Å². The number of ether oxygens (including phenoxy) is 2. The monoisotopic (exact) mass is 338 g/mol. The van der Waals surface area contributed by atoms with Gasteiger partial charge in [-0.15, -0.1) is 0 Å². The van der Waals surface area contributed by atoms with Gasteiger partial charge in [0.1, 0.15) is 12.2 Å². The minimum atomic E-state index is -5.66. The summed E-state index contributed by atoms with van der Waals surface area (Å²) in [5.41, 5.74) is -4.53. The first-order valence-electron chi connectivity index (χ1n) is 6.57. The fourth-order valence-corrected chi connectivity index (χ4v) is 3.35. The number of hydrogen-bond donors (Lipinski definition) is 0. The molecule has 2 saturated heterocycles. The Bertz CT molecular complexity index is 631. The van der Waals surface area contributed by atoms with E-state index in [1.54, 1.807) is 0 Å². The van der Waals surface area contributed by atoms with Gasteiger partial charge in [0.2, 0.25) is 0 Å². The van der Waals surface area contributed by atoms with Crippen molar-refractivity contribution in [3.63, 3.8) is 0 Å². The Kier molecular flexibility index (Phi) is 3.92. The molecule has 1 aromatic carbocycles. The van der Waals surface area contributed by atoms with Gasteiger partial charge in [0, 0.05) is 5.92 Å². The predicted octanol–water partition coefficient (Wildman–Crippen LogP) is 1.80. The van der Waals surface area contributed by atoms with E-state index in [0.29, 0.717) is 0 Å². The lowest BCUT2D eigenvalue weighted by Crippen LogP contribution is -2.37. The van der Waals surface area contributed by atoms with Crippen LogP contribution in [0.3, 0.4) is 0 Å². The SMILES string of the molecule is O=S(=O)(O[C@H]1COC2C1OC[C@H]2c1ccccc1)C(F)(F)F. The van der Waals surface area contributed by atoms with E-state index in [1.165, 1.54) is 0 Å². The number of alkyl halides is 3. The Balaban J connectivity index is 1.74. The highest BCUT2D eigenvalue weighted by molar-refractivity contribution is 7.87. The minimum absolute atomic E-state index is 0.159. The summed E-state index contributed by atoms with van der Waals surface area (Å²) < 4.78 is 74.4. The summed E-state index contributed by atoms with van der Waals surface area (Å²) in [5, 5.41) is 0. The van der Waals surface area contributed by atoms with Gasteiger partial charge in [-0.3, -0.25) is 4.18 Å². The molecule has 2 unspecified atom stereocenters. The van der Waals surface area contributed by atoms with E-state index in [2.05, 4.69) is 4.18 Å². The zero-order valence-corrected chi connectivity index (χ0v) is 12.0. The van der Waals surface area contributed by atoms with Crippen LogP contribution in [0.15, 0.2) is 30.3 Å². The number of fused-ring (bicyclic) bond motifs is 1. The summed E-state index contributed by atoms with van der Waals surface area (Å²) in [6.07, 6.45) is -2.64. The number of hydrogen-bond acceptors (Lipinski definition) is 5. The van der Waals surface area contributed by atoms with Gasteiger partial charge in [-0.1, -0.05) is 30.3 Å². The van der Waals surface area contributed by atoms with Gasteiger partial charge in [0.05, 0.1) is 19.3 Å². The zero-order valence-electron chi connectivity index (χ0n) is 11.2. The molecule has 5 nitrogen and oxygen atoms in total. The summed E-state index contributed by atoms with van der Waals surface area (Å²) in [6.45, 7) is -0.0146. The third-order valence-corrected chi connectivity index (χ3v) is 4.84. The molecule has 0 aromatic heterocycles. The molecule has 122 valence electrons. The lowest BCUT2D eigenvalue weighted by Gasteiger charge is -2.17. The molecule has 0 saturated carbocycles. The maximum Gasteiger partial charge on any atom is 0.523 e. The van der Waals surface area contributed by atoms with E-state index in [-0.39, 0.29) is 19.1 Å². The van der Waals surface area contributed by atoms with Gasteiger partial charge in [0.15, 0.2) is 0 Å². The molecule has 0 N–H and O–H groups in total. The van der Waals surface area contributed by atoms with Crippen LogP contribution < -0.4 is 0 Å². The molecule has 3 rings (SSSR count). The first-order valence-corrected chi connectivity index (χ1v) is 7.98. The fraction of sp³-hybridized carbons (Fsp3) is 0.538. The van der Waals surface area contributed by atoms with Crippen molar-refractivity contribution in [2.24, 2.45) is 0 Å². The summed E-state index contributed by atoms with van der Waals surface area (Å²) in [4.78, 5) is 0. The Morgan fingerprint density at radius 1 is 1.05 bits per heavy atom. The summed E-state index contributed by atoms with van der Waals surface area (Å²) >= 11 is 0. The van der Waals surface area contributed by atoms with Crippen LogP contribution in [0.25, 0.3) is 0 Å². The number of rotatable bonds is 3. The predicted molar refractivity (Wildman–Crippen MR) is 68.5 cm³/mol. The van der Waals surface area contributed by atoms with Gasteiger partial charge in [-0.05, 0) is 5.56 Å². The molecule has 0 radical (unpaired) electrons. The number of benzene rings is 1. The summed E-state index contributed by atoms with van der Waals surface area (Å²) in [6, 6.07) is 9.23. The quantitative estimate of drug-likeness (QED) is 0.621. The molecule has 9 heteroatoms. The van der Waals surface area contributed by atoms with E-state index in [4.69, 9.17) is 9.47 Å². The van der Waals surface area contributed by atoms with E-state index < -0.39 is 33.9 Å². The topological polar surface area (TPSA) is 61.8 Å². The molecule has 22 heavy (non-hydrogen) atoms. The van der Waals surface area contributed by atoms with E-state index in [1.807, 2.05) is 30.3 Å². The first-order chi connectivity index (χ1) is 10.3. The average molecular weight is 338 g/mol. The van der Waals surface area contributed by atoms with Crippen molar-refractivity contribution < 1.29 is 35.2 Å². The van der Waals surface area contributed by atoms with Gasteiger partial charge < -0.3 is 9.47 Å². The zero-order chi connectivity index (χ0) is 16.0. The molecule has 2 aliphatic heterocycles. The molecule has 0 bridgehead atoms. The minimum Gasteiger partial charge on any atom is -0.372 e. The molecule has 2 fully saturated rings. The Hall–Kier alpha value is -1.16. The highest BCUT2D eigenvalue weighted by Crippen LogP contribution is 2.39. The average Bonchev–Trinajstić information content (AvgIpc) is 3.01. The maximum absolute atomic E-state index is 12.4. The van der Waals surface area contributed by atoms with Crippen LogP contribution in [0, 0.1) is 0 Å². The molecule has 2 aliphatic rings. The lowest BCUT2D eigenvalue weighted by atomic mass is 9.93. The van der Waals surface area contributed by atoms with E-state index >= 15 is 0 Å². The third kappa shape index (κ3) is 2.73. The molecule has 1 aromatic rings. The van der Waals surface area contributed by atoms with Gasteiger partial charge >= 0.3 is 15.6 Å². The van der Waals surface area contributed by atoms with E-state index in [9.17, 15) is 21.6 Å². The molecule has 0 amide bonds. The highest BCUT2D eigenvalue weighted by atomic mass is 32.2. The first kappa shape index (κ1) is 15.7. The Morgan fingerprint density at radius 2 is 1.68 bits per heavy atom. The molecule has 2 heterocycles. The number of halogens is 3. The van der Waals surface area contributed by atoms with Gasteiger partial charge in [-0.2, -0.15) is 21.6 Å². The van der Waals surface area contributed by atoms with Crippen LogP contribution in [0.5, 0.6) is 0 Å². The van der Waals surface area contributed by atoms with Crippen molar-refractivity contribution in [3.8, 4) is 0 Å². The van der Waals surface area contributed by atoms with Crippen molar-refractivity contribution in [1.82, 2.24) is 0 Å². The van der Waals surface area contributed by atoms with Crippen molar-refractivity contribution in [2.45, 2.75) is 29.7 Å². The molecular formula is C13H13F3O5S. The Morgan fingerprint density at radius 3 is 2.32 bits per heavy atom. The summed E-state index contributed by atoms with van der Waals surface area (Å²) in [7, 11) is -5.66. The molecule has 0 spiro atoms. The second kappa shape index (κ2) is 5.48. The van der Waals surface area contributed by atoms with E-state index in [0.717, 1.165) is 5.56 Å². The Labute approximate surface area is 125 Å². The molecule has 4 atom stereocenters. The molecular weight excluding hydrogens is 325 g/mol. The van der Waals surface area contributed by atoms with Gasteiger partial charge in [0.25, 0.3) is 0 Å². The van der Waals surface area contributed by atoms with Crippen LogP contribution in [-0.2, 0) is 23.8 Å². The summed E-state index contributed by atoms with van der Waals surface area (Å²) in [5.74, 6) is -0.159. The van der Waals surface area contributed by atoms with Crippen molar-refractivity contribution in [3.05, 3.63) is 35.9 Å². The van der Waals surface area contributed by atoms with Crippen molar-refractivity contribution in [2.75, 3.05) is 13.2 Å². The second-order valence-corrected chi connectivity index (χ2v) is 6.71. The van der Waals surface area contributed by atoms with Crippen LogP contribution in [0.1, 0.15) is 11.5 Å². The third-order valence-electron chi connectivity index (χ3n) is 3.77. The van der Waals surface area contributed by atoms with Crippen LogP contribution in [-0.4, -0.2) is 45.5 Å². The smallest absolute Gasteiger partial charge is 0.372 e. The maximum atomic E-state index is 12.4. The standard InChI is InChI=1S/C13H13F3O5S/c14-13(15,16)22(17,18)21-10-7-20-11-9(6-19-12(10)11)8-4-2-1-3-5-8/h1-5,9-12H,6-7H2/t9-,10-,11?,12?/m0/s1.